The highest BCUT2D eigenvalue weighted by Crippen LogP contribution is 2.06. The van der Waals surface area contributed by atoms with Crippen molar-refractivity contribution in [2.24, 2.45) is 0 Å². The molecule has 0 bridgehead atoms. The first-order valence-electron chi connectivity index (χ1n) is 4.28. The summed E-state index contributed by atoms with van der Waals surface area (Å²) in [7, 11) is 1.49. The number of benzene rings is 1. The predicted molar refractivity (Wildman–Crippen MR) is 56.8 cm³/mol. The number of carbonyl (C=O) groups is 1. The lowest BCUT2D eigenvalue weighted by molar-refractivity contribution is -0.117. The van der Waals surface area contributed by atoms with Crippen LogP contribution in [0.5, 0.6) is 0 Å². The largest absolute Gasteiger partial charge is 0.399 e. The monoisotopic (exact) mass is 191 g/mol. The Morgan fingerprint density at radius 1 is 1.43 bits per heavy atom. The SMILES string of the molecule is COCC(=O)/C=C/c1ccc(N)cc1. The van der Waals surface area contributed by atoms with Gasteiger partial charge in [-0.2, -0.15) is 0 Å². The maximum Gasteiger partial charge on any atom is 0.181 e. The molecule has 0 aliphatic rings. The van der Waals surface area contributed by atoms with E-state index in [1.807, 2.05) is 12.1 Å². The van der Waals surface area contributed by atoms with Gasteiger partial charge in [-0.25, -0.2) is 0 Å². The lowest BCUT2D eigenvalue weighted by Gasteiger charge is -1.94. The first-order chi connectivity index (χ1) is 6.72. The fourth-order valence-corrected chi connectivity index (χ4v) is 0.987. The van der Waals surface area contributed by atoms with Gasteiger partial charge in [0.25, 0.3) is 0 Å². The van der Waals surface area contributed by atoms with E-state index in [1.54, 1.807) is 18.2 Å². The molecule has 0 aliphatic heterocycles. The molecule has 0 spiro atoms. The van der Waals surface area contributed by atoms with Crippen LogP contribution >= 0.6 is 0 Å². The van der Waals surface area contributed by atoms with Crippen molar-refractivity contribution >= 4 is 17.5 Å². The van der Waals surface area contributed by atoms with E-state index in [-0.39, 0.29) is 12.4 Å². The van der Waals surface area contributed by atoms with Gasteiger partial charge in [-0.15, -0.1) is 0 Å². The van der Waals surface area contributed by atoms with E-state index in [0.717, 1.165) is 5.56 Å². The second kappa shape index (κ2) is 5.19. The molecule has 0 amide bonds. The maximum absolute atomic E-state index is 11.0. The lowest BCUT2D eigenvalue weighted by atomic mass is 10.2. The smallest absolute Gasteiger partial charge is 0.181 e. The minimum atomic E-state index is -0.0516. The Balaban J connectivity index is 2.60. The van der Waals surface area contributed by atoms with E-state index in [0.29, 0.717) is 5.69 Å². The molecule has 0 aliphatic carbocycles. The van der Waals surface area contributed by atoms with Gasteiger partial charge in [-0.3, -0.25) is 4.79 Å². The number of hydrogen-bond acceptors (Lipinski definition) is 3. The quantitative estimate of drug-likeness (QED) is 0.579. The van der Waals surface area contributed by atoms with Crippen LogP contribution in [0, 0.1) is 0 Å². The average molecular weight is 191 g/mol. The van der Waals surface area contributed by atoms with Gasteiger partial charge in [-0.05, 0) is 23.8 Å². The molecule has 14 heavy (non-hydrogen) atoms. The highest BCUT2D eigenvalue weighted by atomic mass is 16.5. The van der Waals surface area contributed by atoms with E-state index in [9.17, 15) is 4.79 Å². The van der Waals surface area contributed by atoms with Gasteiger partial charge < -0.3 is 10.5 Å². The van der Waals surface area contributed by atoms with E-state index in [1.165, 1.54) is 13.2 Å². The van der Waals surface area contributed by atoms with Gasteiger partial charge in [0.15, 0.2) is 5.78 Å². The molecule has 2 N–H and O–H groups in total. The molecule has 0 atom stereocenters. The molecule has 0 saturated heterocycles. The number of carbonyl (C=O) groups excluding carboxylic acids is 1. The summed E-state index contributed by atoms with van der Waals surface area (Å²) in [4.78, 5) is 11.0. The Kier molecular flexibility index (Phi) is 3.88. The fourth-order valence-electron chi connectivity index (χ4n) is 0.987. The molecule has 3 heteroatoms. The third-order valence-corrected chi connectivity index (χ3v) is 1.68. The molecule has 3 nitrogen and oxygen atoms in total. The van der Waals surface area contributed by atoms with Crippen LogP contribution in [0.1, 0.15) is 5.56 Å². The van der Waals surface area contributed by atoms with Gasteiger partial charge in [0.05, 0.1) is 0 Å². The van der Waals surface area contributed by atoms with Crippen molar-refractivity contribution in [3.05, 3.63) is 35.9 Å². The van der Waals surface area contributed by atoms with E-state index < -0.39 is 0 Å². The third-order valence-electron chi connectivity index (χ3n) is 1.68. The van der Waals surface area contributed by atoms with Crippen molar-refractivity contribution in [1.29, 1.82) is 0 Å². The highest BCUT2D eigenvalue weighted by Gasteiger charge is 1.93. The molecule has 1 aromatic rings. The van der Waals surface area contributed by atoms with Crippen molar-refractivity contribution in [1.82, 2.24) is 0 Å². The zero-order valence-corrected chi connectivity index (χ0v) is 8.07. The zero-order chi connectivity index (χ0) is 10.4. The number of ether oxygens (including phenoxy) is 1. The molecule has 0 saturated carbocycles. The zero-order valence-electron chi connectivity index (χ0n) is 8.07. The van der Waals surface area contributed by atoms with Crippen LogP contribution in [0.2, 0.25) is 0 Å². The predicted octanol–water partition coefficient (Wildman–Crippen LogP) is 1.50. The van der Waals surface area contributed by atoms with Crippen LogP contribution in [0.3, 0.4) is 0 Å². The number of nitrogens with two attached hydrogens (primary N) is 1. The highest BCUT2D eigenvalue weighted by molar-refractivity contribution is 5.94. The van der Waals surface area contributed by atoms with Crippen LogP contribution in [0.15, 0.2) is 30.3 Å². The molecule has 74 valence electrons. The first-order valence-corrected chi connectivity index (χ1v) is 4.28. The molecule has 0 fully saturated rings. The number of nitrogen functional groups attached to an aromatic ring is 1. The Morgan fingerprint density at radius 2 is 2.07 bits per heavy atom. The standard InChI is InChI=1S/C11H13NO2/c1-14-8-11(13)7-4-9-2-5-10(12)6-3-9/h2-7H,8,12H2,1H3/b7-4+. The summed E-state index contributed by atoms with van der Waals surface area (Å²) in [6.07, 6.45) is 3.23. The molecule has 0 unspecified atom stereocenters. The van der Waals surface area contributed by atoms with Crippen LogP contribution in [0.25, 0.3) is 6.08 Å². The summed E-state index contributed by atoms with van der Waals surface area (Å²) < 4.78 is 4.69. The van der Waals surface area contributed by atoms with Gasteiger partial charge >= 0.3 is 0 Å². The third kappa shape index (κ3) is 3.41. The Hall–Kier alpha value is -1.61. The molecule has 0 heterocycles. The summed E-state index contributed by atoms with van der Waals surface area (Å²) in [5.41, 5.74) is 7.18. The van der Waals surface area contributed by atoms with Crippen LogP contribution in [-0.2, 0) is 9.53 Å². The number of anilines is 1. The van der Waals surface area contributed by atoms with Crippen molar-refractivity contribution in [3.63, 3.8) is 0 Å². The van der Waals surface area contributed by atoms with Crippen LogP contribution in [0.4, 0.5) is 5.69 Å². The van der Waals surface area contributed by atoms with Crippen molar-refractivity contribution in [2.75, 3.05) is 19.5 Å². The number of hydrogen-bond donors (Lipinski definition) is 1. The van der Waals surface area contributed by atoms with Gasteiger partial charge in [0.2, 0.25) is 0 Å². The van der Waals surface area contributed by atoms with Crippen molar-refractivity contribution in [2.45, 2.75) is 0 Å². The summed E-state index contributed by atoms with van der Waals surface area (Å²) in [6, 6.07) is 7.29. The van der Waals surface area contributed by atoms with Crippen molar-refractivity contribution in [3.8, 4) is 0 Å². The molecule has 1 aromatic carbocycles. The summed E-state index contributed by atoms with van der Waals surface area (Å²) in [5.74, 6) is -0.0516. The molecular weight excluding hydrogens is 178 g/mol. The van der Waals surface area contributed by atoms with Gasteiger partial charge in [0.1, 0.15) is 6.61 Å². The Labute approximate surface area is 83.2 Å². The second-order valence-electron chi connectivity index (χ2n) is 2.90. The molecular formula is C11H13NO2. The van der Waals surface area contributed by atoms with Crippen LogP contribution < -0.4 is 5.73 Å². The summed E-state index contributed by atoms with van der Waals surface area (Å²) in [5, 5.41) is 0. The minimum absolute atomic E-state index is 0.0516. The lowest BCUT2D eigenvalue weighted by Crippen LogP contribution is -2.01. The van der Waals surface area contributed by atoms with E-state index in [4.69, 9.17) is 10.5 Å². The van der Waals surface area contributed by atoms with Crippen LogP contribution in [-0.4, -0.2) is 19.5 Å². The van der Waals surface area contributed by atoms with Gasteiger partial charge in [-0.1, -0.05) is 18.2 Å². The minimum Gasteiger partial charge on any atom is -0.399 e. The number of methoxy groups -OCH3 is 1. The molecule has 0 radical (unpaired) electrons. The normalized spacial score (nSPS) is 10.6. The van der Waals surface area contributed by atoms with E-state index >= 15 is 0 Å². The second-order valence-corrected chi connectivity index (χ2v) is 2.90. The maximum atomic E-state index is 11.0. The molecule has 0 aromatic heterocycles. The van der Waals surface area contributed by atoms with Crippen molar-refractivity contribution < 1.29 is 9.53 Å². The first kappa shape index (κ1) is 10.5. The number of rotatable bonds is 4. The number of ketones is 1. The fraction of sp³-hybridized carbons (Fsp3) is 0.182. The summed E-state index contributed by atoms with van der Waals surface area (Å²) >= 11 is 0. The Bertz CT molecular complexity index is 328. The topological polar surface area (TPSA) is 52.3 Å². The summed E-state index contributed by atoms with van der Waals surface area (Å²) in [6.45, 7) is 0.117. The van der Waals surface area contributed by atoms with E-state index in [2.05, 4.69) is 0 Å². The Morgan fingerprint density at radius 3 is 2.64 bits per heavy atom. The van der Waals surface area contributed by atoms with Gasteiger partial charge in [0, 0.05) is 12.8 Å². The average Bonchev–Trinajstić information content (AvgIpc) is 2.17. The molecule has 1 rings (SSSR count).